The molecule has 1 heterocycles. The SMILES string of the molecule is ClCc1cc(Cl)ccc1N1CCCC2CCCC21. The van der Waals surface area contributed by atoms with Crippen LogP contribution in [-0.2, 0) is 5.88 Å². The van der Waals surface area contributed by atoms with E-state index in [1.165, 1.54) is 49.9 Å². The van der Waals surface area contributed by atoms with Gasteiger partial charge in [0.1, 0.15) is 0 Å². The number of alkyl halides is 1. The van der Waals surface area contributed by atoms with Crippen LogP contribution in [0.5, 0.6) is 0 Å². The smallest absolute Gasteiger partial charge is 0.0495 e. The average molecular weight is 284 g/mol. The van der Waals surface area contributed by atoms with Crippen molar-refractivity contribution in [1.29, 1.82) is 0 Å². The first-order chi connectivity index (χ1) is 8.79. The fraction of sp³-hybridized carbons (Fsp3) is 0.600. The second-order valence-electron chi connectivity index (χ2n) is 5.50. The molecule has 2 unspecified atom stereocenters. The van der Waals surface area contributed by atoms with Crippen LogP contribution in [0, 0.1) is 5.92 Å². The number of piperidine rings is 1. The highest BCUT2D eigenvalue weighted by atomic mass is 35.5. The Kier molecular flexibility index (Phi) is 3.72. The van der Waals surface area contributed by atoms with Crippen LogP contribution in [0.1, 0.15) is 37.7 Å². The third-order valence-electron chi connectivity index (χ3n) is 4.49. The van der Waals surface area contributed by atoms with Crippen molar-refractivity contribution in [2.45, 2.75) is 44.0 Å². The predicted octanol–water partition coefficient (Wildman–Crippen LogP) is 4.85. The van der Waals surface area contributed by atoms with Gasteiger partial charge in [-0.15, -0.1) is 11.6 Å². The molecule has 0 N–H and O–H groups in total. The molecule has 0 aromatic heterocycles. The molecule has 98 valence electrons. The highest BCUT2D eigenvalue weighted by molar-refractivity contribution is 6.30. The van der Waals surface area contributed by atoms with E-state index in [-0.39, 0.29) is 0 Å². The Morgan fingerprint density at radius 1 is 1.17 bits per heavy atom. The van der Waals surface area contributed by atoms with Crippen LogP contribution in [0.25, 0.3) is 0 Å². The van der Waals surface area contributed by atoms with Crippen molar-refractivity contribution in [3.63, 3.8) is 0 Å². The van der Waals surface area contributed by atoms with Crippen LogP contribution in [0.4, 0.5) is 5.69 Å². The largest absolute Gasteiger partial charge is 0.368 e. The molecule has 1 saturated carbocycles. The van der Waals surface area contributed by atoms with E-state index in [1.54, 1.807) is 0 Å². The first kappa shape index (κ1) is 12.6. The first-order valence-electron chi connectivity index (χ1n) is 6.90. The number of hydrogen-bond donors (Lipinski definition) is 0. The number of nitrogens with zero attached hydrogens (tertiary/aromatic N) is 1. The van der Waals surface area contributed by atoms with Crippen LogP contribution in [0.2, 0.25) is 5.02 Å². The Hall–Kier alpha value is -0.400. The van der Waals surface area contributed by atoms with Gasteiger partial charge in [-0.3, -0.25) is 0 Å². The molecule has 1 saturated heterocycles. The lowest BCUT2D eigenvalue weighted by molar-refractivity contribution is 0.362. The van der Waals surface area contributed by atoms with Crippen LogP contribution in [-0.4, -0.2) is 12.6 Å². The zero-order chi connectivity index (χ0) is 12.5. The Bertz CT molecular complexity index is 433. The summed E-state index contributed by atoms with van der Waals surface area (Å²) >= 11 is 12.1. The predicted molar refractivity (Wildman–Crippen MR) is 78.7 cm³/mol. The normalized spacial score (nSPS) is 27.3. The minimum absolute atomic E-state index is 0.545. The lowest BCUT2D eigenvalue weighted by Crippen LogP contribution is -2.43. The van der Waals surface area contributed by atoms with Gasteiger partial charge in [-0.2, -0.15) is 0 Å². The molecule has 3 rings (SSSR count). The summed E-state index contributed by atoms with van der Waals surface area (Å²) in [6, 6.07) is 6.90. The van der Waals surface area contributed by atoms with E-state index in [0.717, 1.165) is 17.0 Å². The van der Waals surface area contributed by atoms with E-state index in [2.05, 4.69) is 11.0 Å². The van der Waals surface area contributed by atoms with Crippen molar-refractivity contribution in [2.24, 2.45) is 5.92 Å². The van der Waals surface area contributed by atoms with Crippen molar-refractivity contribution >= 4 is 28.9 Å². The summed E-state index contributed by atoms with van der Waals surface area (Å²) in [5.41, 5.74) is 2.49. The molecular weight excluding hydrogens is 265 g/mol. The van der Waals surface area contributed by atoms with Gasteiger partial charge >= 0.3 is 0 Å². The van der Waals surface area contributed by atoms with E-state index >= 15 is 0 Å². The minimum atomic E-state index is 0.545. The second-order valence-corrected chi connectivity index (χ2v) is 6.20. The van der Waals surface area contributed by atoms with E-state index in [0.29, 0.717) is 5.88 Å². The fourth-order valence-corrected chi connectivity index (χ4v) is 4.10. The molecule has 2 fully saturated rings. The maximum Gasteiger partial charge on any atom is 0.0495 e. The van der Waals surface area contributed by atoms with Crippen molar-refractivity contribution in [1.82, 2.24) is 0 Å². The summed E-state index contributed by atoms with van der Waals surface area (Å²) in [5.74, 6) is 1.45. The summed E-state index contributed by atoms with van der Waals surface area (Å²) in [6.45, 7) is 1.17. The maximum atomic E-state index is 6.08. The average Bonchev–Trinajstić information content (AvgIpc) is 2.86. The summed E-state index contributed by atoms with van der Waals surface area (Å²) < 4.78 is 0. The Balaban J connectivity index is 1.93. The number of fused-ring (bicyclic) bond motifs is 1. The van der Waals surface area contributed by atoms with Gasteiger partial charge in [-0.05, 0) is 55.4 Å². The third kappa shape index (κ3) is 2.23. The number of rotatable bonds is 2. The molecule has 1 aromatic rings. The molecule has 1 aromatic carbocycles. The van der Waals surface area contributed by atoms with Crippen molar-refractivity contribution in [3.8, 4) is 0 Å². The first-order valence-corrected chi connectivity index (χ1v) is 7.82. The zero-order valence-corrected chi connectivity index (χ0v) is 12.1. The Morgan fingerprint density at radius 2 is 2.00 bits per heavy atom. The Morgan fingerprint density at radius 3 is 2.83 bits per heavy atom. The van der Waals surface area contributed by atoms with Gasteiger partial charge < -0.3 is 4.90 Å². The quantitative estimate of drug-likeness (QED) is 0.702. The monoisotopic (exact) mass is 283 g/mol. The van der Waals surface area contributed by atoms with Crippen LogP contribution >= 0.6 is 23.2 Å². The molecule has 1 aliphatic heterocycles. The van der Waals surface area contributed by atoms with Crippen molar-refractivity contribution in [3.05, 3.63) is 28.8 Å². The van der Waals surface area contributed by atoms with Gasteiger partial charge in [0.05, 0.1) is 0 Å². The Labute approximate surface area is 119 Å². The molecule has 2 aliphatic rings. The fourth-order valence-electron chi connectivity index (χ4n) is 3.69. The van der Waals surface area contributed by atoms with Crippen molar-refractivity contribution < 1.29 is 0 Å². The molecule has 1 aliphatic carbocycles. The second kappa shape index (κ2) is 5.30. The van der Waals surface area contributed by atoms with Crippen LogP contribution in [0.15, 0.2) is 18.2 Å². The topological polar surface area (TPSA) is 3.24 Å². The molecule has 0 spiro atoms. The maximum absolute atomic E-state index is 6.08. The van der Waals surface area contributed by atoms with Gasteiger partial charge in [0, 0.05) is 29.2 Å². The van der Waals surface area contributed by atoms with Gasteiger partial charge in [0.25, 0.3) is 0 Å². The molecule has 18 heavy (non-hydrogen) atoms. The molecule has 1 nitrogen and oxygen atoms in total. The minimum Gasteiger partial charge on any atom is -0.368 e. The molecule has 0 amide bonds. The molecule has 3 heteroatoms. The van der Waals surface area contributed by atoms with Crippen molar-refractivity contribution in [2.75, 3.05) is 11.4 Å². The van der Waals surface area contributed by atoms with Gasteiger partial charge in [0.15, 0.2) is 0 Å². The van der Waals surface area contributed by atoms with Gasteiger partial charge in [-0.25, -0.2) is 0 Å². The van der Waals surface area contributed by atoms with Crippen LogP contribution < -0.4 is 4.90 Å². The zero-order valence-electron chi connectivity index (χ0n) is 10.5. The third-order valence-corrected chi connectivity index (χ3v) is 5.01. The molecule has 2 atom stereocenters. The van der Waals surface area contributed by atoms with E-state index in [4.69, 9.17) is 23.2 Å². The number of halogens is 2. The summed E-state index contributed by atoms with van der Waals surface area (Å²) in [6.07, 6.45) is 6.85. The lowest BCUT2D eigenvalue weighted by Gasteiger charge is -2.40. The number of hydrogen-bond acceptors (Lipinski definition) is 1. The van der Waals surface area contributed by atoms with E-state index in [1.807, 2.05) is 12.1 Å². The van der Waals surface area contributed by atoms with E-state index in [9.17, 15) is 0 Å². The summed E-state index contributed by atoms with van der Waals surface area (Å²) in [7, 11) is 0. The van der Waals surface area contributed by atoms with Gasteiger partial charge in [-0.1, -0.05) is 18.0 Å². The number of anilines is 1. The van der Waals surface area contributed by atoms with E-state index < -0.39 is 0 Å². The summed E-state index contributed by atoms with van der Waals surface area (Å²) in [5, 5.41) is 0.786. The summed E-state index contributed by atoms with van der Waals surface area (Å²) in [4.78, 5) is 2.59. The van der Waals surface area contributed by atoms with Crippen LogP contribution in [0.3, 0.4) is 0 Å². The standard InChI is InChI=1S/C15H19Cl2N/c16-10-12-9-13(17)6-7-15(12)18-8-2-4-11-3-1-5-14(11)18/h6-7,9,11,14H,1-5,8,10H2. The molecule has 0 radical (unpaired) electrons. The number of benzene rings is 1. The molecule has 0 bridgehead atoms. The molecular formula is C15H19Cl2N. The lowest BCUT2D eigenvalue weighted by atomic mass is 9.91. The van der Waals surface area contributed by atoms with Gasteiger partial charge in [0.2, 0.25) is 0 Å². The highest BCUT2D eigenvalue weighted by Crippen LogP contribution is 2.40. The highest BCUT2D eigenvalue weighted by Gasteiger charge is 2.35.